The number of aromatic nitrogens is 1. The first-order valence-corrected chi connectivity index (χ1v) is 12.0. The molecule has 1 aliphatic carbocycles. The van der Waals surface area contributed by atoms with E-state index in [1.54, 1.807) is 30.2 Å². The zero-order valence-corrected chi connectivity index (χ0v) is 19.9. The van der Waals surface area contributed by atoms with Gasteiger partial charge in [0.25, 0.3) is 0 Å². The van der Waals surface area contributed by atoms with Crippen molar-refractivity contribution < 1.29 is 14.0 Å². The zero-order valence-electron chi connectivity index (χ0n) is 19.9. The Kier molecular flexibility index (Phi) is 6.01. The lowest BCUT2D eigenvalue weighted by atomic mass is 10.0. The summed E-state index contributed by atoms with van der Waals surface area (Å²) in [5, 5.41) is 0.215. The number of ketones is 1. The molecule has 2 aromatic carbocycles. The third kappa shape index (κ3) is 4.50. The topological polar surface area (TPSA) is 62.6 Å². The van der Waals surface area contributed by atoms with Crippen LogP contribution in [-0.4, -0.2) is 46.8 Å². The van der Waals surface area contributed by atoms with Crippen molar-refractivity contribution in [1.29, 1.82) is 0 Å². The van der Waals surface area contributed by atoms with Crippen LogP contribution in [0.25, 0.3) is 17.0 Å². The number of rotatable bonds is 5. The first kappa shape index (κ1) is 23.0. The van der Waals surface area contributed by atoms with Gasteiger partial charge >= 0.3 is 0 Å². The molecule has 0 N–H and O–H groups in total. The van der Waals surface area contributed by atoms with Crippen LogP contribution in [0.2, 0.25) is 0 Å². The molecule has 1 saturated carbocycles. The fourth-order valence-electron chi connectivity index (χ4n) is 4.90. The minimum Gasteiger partial charge on any atom is -0.365 e. The molecule has 1 amide bonds. The van der Waals surface area contributed by atoms with Gasteiger partial charge in [-0.15, -0.1) is 0 Å². The summed E-state index contributed by atoms with van der Waals surface area (Å²) in [6.07, 6.45) is 6.62. The molecule has 5 rings (SSSR count). The fourth-order valence-corrected chi connectivity index (χ4v) is 4.90. The number of carbonyl (C=O) groups is 2. The van der Waals surface area contributed by atoms with E-state index in [2.05, 4.69) is 0 Å². The van der Waals surface area contributed by atoms with Gasteiger partial charge in [-0.2, -0.15) is 0 Å². The molecule has 1 saturated heterocycles. The molecular weight excluding hydrogens is 445 g/mol. The first-order chi connectivity index (χ1) is 16.8. The Morgan fingerprint density at radius 1 is 1.09 bits per heavy atom. The molecule has 35 heavy (non-hydrogen) atoms. The van der Waals surface area contributed by atoms with Crippen LogP contribution >= 0.6 is 0 Å². The van der Waals surface area contributed by atoms with Crippen molar-refractivity contribution in [3.8, 4) is 0 Å². The van der Waals surface area contributed by atoms with Crippen LogP contribution in [-0.2, 0) is 4.79 Å². The van der Waals surface area contributed by atoms with Crippen molar-refractivity contribution in [3.63, 3.8) is 0 Å². The third-order valence-electron chi connectivity index (χ3n) is 6.91. The highest BCUT2D eigenvalue weighted by atomic mass is 19.1. The maximum atomic E-state index is 15.3. The minimum atomic E-state index is -0.496. The summed E-state index contributed by atoms with van der Waals surface area (Å²) in [7, 11) is 0. The van der Waals surface area contributed by atoms with Gasteiger partial charge in [0, 0.05) is 50.2 Å². The number of nitrogens with zero attached hydrogens (tertiary/aromatic N) is 3. The smallest absolute Gasteiger partial charge is 0.219 e. The van der Waals surface area contributed by atoms with Crippen molar-refractivity contribution in [1.82, 2.24) is 9.47 Å². The summed E-state index contributed by atoms with van der Waals surface area (Å²) in [5.41, 5.74) is 1.51. The Morgan fingerprint density at radius 2 is 1.83 bits per heavy atom. The largest absolute Gasteiger partial charge is 0.365 e. The van der Waals surface area contributed by atoms with Gasteiger partial charge in [-0.05, 0) is 43.5 Å². The summed E-state index contributed by atoms with van der Waals surface area (Å²) >= 11 is 0. The molecular formula is C28H28FN3O3. The summed E-state index contributed by atoms with van der Waals surface area (Å²) in [6.45, 7) is 5.04. The average molecular weight is 474 g/mol. The summed E-state index contributed by atoms with van der Waals surface area (Å²) in [5.74, 6) is -0.879. The van der Waals surface area contributed by atoms with Gasteiger partial charge in [0.05, 0.1) is 16.8 Å². The lowest BCUT2D eigenvalue weighted by molar-refractivity contribution is -0.131. The number of pyridine rings is 1. The lowest BCUT2D eigenvalue weighted by Crippen LogP contribution is -2.53. The Morgan fingerprint density at radius 3 is 2.49 bits per heavy atom. The average Bonchev–Trinajstić information content (AvgIpc) is 3.68. The first-order valence-electron chi connectivity index (χ1n) is 12.0. The van der Waals surface area contributed by atoms with E-state index in [9.17, 15) is 14.4 Å². The molecule has 1 unspecified atom stereocenters. The Labute approximate surface area is 203 Å². The molecule has 2 fully saturated rings. The molecule has 6 nitrogen and oxygen atoms in total. The number of anilines is 1. The fraction of sp³-hybridized carbons (Fsp3) is 0.321. The second-order valence-electron chi connectivity index (χ2n) is 9.45. The van der Waals surface area contributed by atoms with Gasteiger partial charge in [-0.25, -0.2) is 4.39 Å². The molecule has 1 aliphatic heterocycles. The predicted octanol–water partition coefficient (Wildman–Crippen LogP) is 4.43. The second kappa shape index (κ2) is 9.13. The number of fused-ring (bicyclic) bond motifs is 1. The molecule has 180 valence electrons. The van der Waals surface area contributed by atoms with Crippen molar-refractivity contribution in [2.45, 2.75) is 38.8 Å². The maximum Gasteiger partial charge on any atom is 0.219 e. The summed E-state index contributed by atoms with van der Waals surface area (Å²) in [4.78, 5) is 41.8. The van der Waals surface area contributed by atoms with Crippen LogP contribution in [0.3, 0.4) is 0 Å². The summed E-state index contributed by atoms with van der Waals surface area (Å²) < 4.78 is 17.3. The molecule has 1 atom stereocenters. The van der Waals surface area contributed by atoms with Crippen LogP contribution in [0.15, 0.2) is 59.5 Å². The highest BCUT2D eigenvalue weighted by molar-refractivity contribution is 6.08. The number of amides is 1. The molecule has 7 heteroatoms. The van der Waals surface area contributed by atoms with Gasteiger partial charge in [0.15, 0.2) is 5.78 Å². The Bertz CT molecular complexity index is 1390. The lowest BCUT2D eigenvalue weighted by Gasteiger charge is -2.40. The van der Waals surface area contributed by atoms with Gasteiger partial charge in [0.1, 0.15) is 5.82 Å². The molecule has 1 aromatic heterocycles. The van der Waals surface area contributed by atoms with E-state index in [4.69, 9.17) is 0 Å². The van der Waals surface area contributed by atoms with Gasteiger partial charge in [-0.1, -0.05) is 36.4 Å². The summed E-state index contributed by atoms with van der Waals surface area (Å²) in [6, 6.07) is 12.5. The normalized spacial score (nSPS) is 18.4. The molecule has 0 spiro atoms. The van der Waals surface area contributed by atoms with E-state index >= 15 is 4.39 Å². The predicted molar refractivity (Wildman–Crippen MR) is 135 cm³/mol. The van der Waals surface area contributed by atoms with E-state index in [-0.39, 0.29) is 28.9 Å². The van der Waals surface area contributed by atoms with Crippen molar-refractivity contribution in [3.05, 3.63) is 81.9 Å². The van der Waals surface area contributed by atoms with Gasteiger partial charge in [0.2, 0.25) is 11.3 Å². The van der Waals surface area contributed by atoms with E-state index in [0.717, 1.165) is 18.4 Å². The van der Waals surface area contributed by atoms with Crippen molar-refractivity contribution in [2.24, 2.45) is 0 Å². The SMILES string of the molecule is CC(=O)N1CCN(c2cc3c(cc2F)c(=O)c(C(=O)C=Cc2ccccc2)cn3C2CC2)CC1C. The zero-order chi connectivity index (χ0) is 24.7. The second-order valence-corrected chi connectivity index (χ2v) is 9.45. The minimum absolute atomic E-state index is 0.0113. The number of allylic oxidation sites excluding steroid dienone is 1. The van der Waals surface area contributed by atoms with Crippen LogP contribution in [0.4, 0.5) is 10.1 Å². The number of halogens is 1. The number of carbonyl (C=O) groups excluding carboxylic acids is 2. The van der Waals surface area contributed by atoms with E-state index < -0.39 is 17.0 Å². The molecule has 2 heterocycles. The number of hydrogen-bond acceptors (Lipinski definition) is 4. The number of benzene rings is 2. The molecule has 3 aromatic rings. The Balaban J connectivity index is 1.54. The number of piperazine rings is 1. The van der Waals surface area contributed by atoms with Gasteiger partial charge in [-0.3, -0.25) is 14.4 Å². The van der Waals surface area contributed by atoms with Crippen molar-refractivity contribution >= 4 is 34.4 Å². The number of hydrogen-bond donors (Lipinski definition) is 0. The quantitative estimate of drug-likeness (QED) is 0.406. The monoisotopic (exact) mass is 473 g/mol. The Hall–Kier alpha value is -3.74. The molecule has 2 aliphatic rings. The van der Waals surface area contributed by atoms with Crippen LogP contribution in [0.5, 0.6) is 0 Å². The highest BCUT2D eigenvalue weighted by Crippen LogP contribution is 2.38. The molecule has 0 bridgehead atoms. The van der Waals surface area contributed by atoms with E-state index in [1.807, 2.05) is 46.7 Å². The van der Waals surface area contributed by atoms with Crippen LogP contribution in [0.1, 0.15) is 48.7 Å². The maximum absolute atomic E-state index is 15.3. The molecule has 0 radical (unpaired) electrons. The highest BCUT2D eigenvalue weighted by Gasteiger charge is 2.30. The van der Waals surface area contributed by atoms with Crippen molar-refractivity contribution in [2.75, 3.05) is 24.5 Å². The van der Waals surface area contributed by atoms with E-state index in [0.29, 0.717) is 30.8 Å². The van der Waals surface area contributed by atoms with E-state index in [1.165, 1.54) is 12.1 Å². The third-order valence-corrected chi connectivity index (χ3v) is 6.91. The van der Waals surface area contributed by atoms with Crippen LogP contribution < -0.4 is 10.3 Å². The van der Waals surface area contributed by atoms with Crippen LogP contribution in [0, 0.1) is 5.82 Å². The standard InChI is InChI=1S/C28H28FN3O3/c1-18-16-30(12-13-31(18)19(2)33)26-15-25-22(14-24(26)29)28(35)23(17-32(25)21-9-10-21)27(34)11-8-20-6-4-3-5-7-20/h3-8,11,14-15,17-18,21H,9-10,12-13,16H2,1-2H3. The van der Waals surface area contributed by atoms with Gasteiger partial charge < -0.3 is 14.4 Å².